The maximum absolute atomic E-state index is 9.56. The van der Waals surface area contributed by atoms with Crippen LogP contribution in [-0.4, -0.2) is 29.5 Å². The van der Waals surface area contributed by atoms with Gasteiger partial charge in [0.25, 0.3) is 5.82 Å². The van der Waals surface area contributed by atoms with Gasteiger partial charge in [-0.25, -0.2) is 15.2 Å². The molecule has 0 fully saturated rings. The third-order valence-corrected chi connectivity index (χ3v) is 4.86. The molecule has 34 heavy (non-hydrogen) atoms. The number of pyridine rings is 2. The van der Waals surface area contributed by atoms with Crippen LogP contribution in [0.2, 0.25) is 0 Å². The van der Waals surface area contributed by atoms with Crippen molar-refractivity contribution in [2.24, 2.45) is 0 Å². The Morgan fingerprint density at radius 1 is 0.882 bits per heavy atom. The first-order chi connectivity index (χ1) is 15.9. The largest absolute Gasteiger partial charge is 2.00 e. The van der Waals surface area contributed by atoms with E-state index in [4.69, 9.17) is 18.4 Å². The Labute approximate surface area is 209 Å². The van der Waals surface area contributed by atoms with Crippen molar-refractivity contribution in [3.63, 3.8) is 0 Å². The zero-order valence-corrected chi connectivity index (χ0v) is 20.0. The minimum absolute atomic E-state index is 0. The van der Waals surface area contributed by atoms with Crippen LogP contribution in [0.25, 0.3) is 21.3 Å². The third kappa shape index (κ3) is 4.45. The van der Waals surface area contributed by atoms with E-state index in [1.165, 1.54) is 21.5 Å². The number of hydrogen-bond donors (Lipinski definition) is 0. The van der Waals surface area contributed by atoms with Gasteiger partial charge in [-0.15, -0.1) is 6.07 Å². The predicted octanol–water partition coefficient (Wildman–Crippen LogP) is 3.62. The van der Waals surface area contributed by atoms with Crippen molar-refractivity contribution in [1.29, 1.82) is 10.5 Å². The van der Waals surface area contributed by atoms with Crippen LogP contribution in [0, 0.1) is 48.2 Å². The molecule has 0 saturated heterocycles. The maximum atomic E-state index is 9.56. The van der Waals surface area contributed by atoms with Gasteiger partial charge in [0.15, 0.2) is 5.69 Å². The summed E-state index contributed by atoms with van der Waals surface area (Å²) < 4.78 is 2.62. The Hall–Kier alpha value is -4.63. The number of rotatable bonds is 4. The van der Waals surface area contributed by atoms with Gasteiger partial charge in [-0.1, -0.05) is 31.0 Å². The van der Waals surface area contributed by atoms with Gasteiger partial charge in [-0.05, 0) is 37.3 Å². The number of nitrogens with zero attached hydrogens (tertiary/aromatic N) is 10. The van der Waals surface area contributed by atoms with E-state index in [2.05, 4.69) is 48.3 Å². The molecule has 0 unspecified atom stereocenters. The molecule has 0 amide bonds. The molecule has 0 atom stereocenters. The first kappa shape index (κ1) is 24.0. The van der Waals surface area contributed by atoms with E-state index in [0.29, 0.717) is 34.3 Å². The summed E-state index contributed by atoms with van der Waals surface area (Å²) >= 11 is 0. The fourth-order valence-electron chi connectivity index (χ4n) is 3.05. The number of nitriles is 2. The SMILES string of the molecule is [C-]#[N+]c1cc(-n2[c-]cc([N+]#[C-])n2)nc(C(C)(C)c2cc(C#N)cc(-n3[c-]cc(C#N)n3)n2)c1.[Pt+2]. The van der Waals surface area contributed by atoms with Gasteiger partial charge in [-0.2, -0.15) is 5.26 Å². The molecule has 4 rings (SSSR count). The first-order valence-corrected chi connectivity index (χ1v) is 9.44. The standard InChI is InChI=1S/C23H12N10.Pt/c1-23(2,18-9-15(13-24)10-21(28-18)32-7-5-16(14-25)30-32)19-11-17(26-3)12-22(29-19)33-8-6-20(27-4)31-33;/h5-6,9-12H,1-2H3;/q-2;+2. The summed E-state index contributed by atoms with van der Waals surface area (Å²) in [5.41, 5.74) is 1.02. The quantitative estimate of drug-likeness (QED) is 0.321. The Bertz CT molecular complexity index is 1430. The molecule has 0 aliphatic heterocycles. The van der Waals surface area contributed by atoms with Crippen LogP contribution in [0.1, 0.15) is 36.5 Å². The second-order valence-electron chi connectivity index (χ2n) is 7.35. The third-order valence-electron chi connectivity index (χ3n) is 4.86. The molecular weight excluding hydrogens is 611 g/mol. The molecule has 4 aromatic rings. The van der Waals surface area contributed by atoms with Gasteiger partial charge in [0, 0.05) is 22.4 Å². The van der Waals surface area contributed by atoms with Crippen molar-refractivity contribution in [2.45, 2.75) is 19.3 Å². The predicted molar refractivity (Wildman–Crippen MR) is 114 cm³/mol. The summed E-state index contributed by atoms with van der Waals surface area (Å²) in [5, 5.41) is 26.8. The Balaban J connectivity index is 0.00000324. The molecule has 0 radical (unpaired) electrons. The molecule has 0 saturated carbocycles. The molecule has 0 aromatic carbocycles. The van der Waals surface area contributed by atoms with Gasteiger partial charge in [0.2, 0.25) is 0 Å². The normalized spacial score (nSPS) is 10.3. The second kappa shape index (κ2) is 9.47. The summed E-state index contributed by atoms with van der Waals surface area (Å²) in [7, 11) is 0. The molecule has 0 aliphatic carbocycles. The number of hydrogen-bond acceptors (Lipinski definition) is 6. The molecule has 4 aromatic heterocycles. The van der Waals surface area contributed by atoms with Gasteiger partial charge >= 0.3 is 21.1 Å². The van der Waals surface area contributed by atoms with Crippen LogP contribution in [0.5, 0.6) is 0 Å². The van der Waals surface area contributed by atoms with Gasteiger partial charge in [-0.3, -0.25) is 14.6 Å². The van der Waals surface area contributed by atoms with Crippen LogP contribution in [0.3, 0.4) is 0 Å². The second-order valence-corrected chi connectivity index (χ2v) is 7.35. The van der Waals surface area contributed by atoms with Gasteiger partial charge in [0.1, 0.15) is 0 Å². The molecule has 4 heterocycles. The number of aromatic nitrogens is 6. The minimum atomic E-state index is -0.835. The van der Waals surface area contributed by atoms with Crippen molar-refractivity contribution >= 4 is 11.5 Å². The zero-order valence-electron chi connectivity index (χ0n) is 17.8. The van der Waals surface area contributed by atoms with Crippen molar-refractivity contribution in [3.8, 4) is 23.8 Å². The van der Waals surface area contributed by atoms with Crippen LogP contribution in [0.15, 0.2) is 36.4 Å². The van der Waals surface area contributed by atoms with E-state index in [0.717, 1.165) is 0 Å². The van der Waals surface area contributed by atoms with Crippen molar-refractivity contribution in [1.82, 2.24) is 29.5 Å². The summed E-state index contributed by atoms with van der Waals surface area (Å²) in [4.78, 5) is 16.1. The Morgan fingerprint density at radius 2 is 1.53 bits per heavy atom. The van der Waals surface area contributed by atoms with Crippen LogP contribution in [-0.2, 0) is 26.5 Å². The first-order valence-electron chi connectivity index (χ1n) is 9.44. The van der Waals surface area contributed by atoms with Crippen molar-refractivity contribution in [2.75, 3.05) is 0 Å². The zero-order chi connectivity index (χ0) is 23.6. The topological polar surface area (TPSA) is 118 Å². The van der Waals surface area contributed by atoms with E-state index in [9.17, 15) is 5.26 Å². The van der Waals surface area contributed by atoms with Crippen LogP contribution < -0.4 is 0 Å². The molecule has 10 nitrogen and oxygen atoms in total. The molecule has 0 bridgehead atoms. The summed E-state index contributed by atoms with van der Waals surface area (Å²) in [6.07, 6.45) is 5.64. The molecule has 164 valence electrons. The van der Waals surface area contributed by atoms with E-state index in [-0.39, 0.29) is 32.6 Å². The molecule has 0 aliphatic rings. The summed E-state index contributed by atoms with van der Waals surface area (Å²) in [5.74, 6) is 0.811. The fourth-order valence-corrected chi connectivity index (χ4v) is 3.05. The summed E-state index contributed by atoms with van der Waals surface area (Å²) in [6, 6.07) is 13.3. The van der Waals surface area contributed by atoms with Gasteiger partial charge < -0.3 is 9.53 Å². The molecule has 11 heteroatoms. The average Bonchev–Trinajstić information content (AvgIpc) is 3.53. The molecule has 0 spiro atoms. The van der Waals surface area contributed by atoms with E-state index < -0.39 is 5.41 Å². The van der Waals surface area contributed by atoms with E-state index in [1.54, 1.807) is 24.3 Å². The van der Waals surface area contributed by atoms with E-state index in [1.807, 2.05) is 19.9 Å². The molecular formula is C23H12N10Pt. The fraction of sp³-hybridized carbons (Fsp3) is 0.130. The average molecular weight is 623 g/mol. The monoisotopic (exact) mass is 623 g/mol. The Morgan fingerprint density at radius 3 is 2.12 bits per heavy atom. The maximum Gasteiger partial charge on any atom is 2.00 e. The van der Waals surface area contributed by atoms with Crippen molar-refractivity contribution in [3.05, 3.63) is 94.3 Å². The van der Waals surface area contributed by atoms with Crippen LogP contribution in [0.4, 0.5) is 11.5 Å². The van der Waals surface area contributed by atoms with Crippen molar-refractivity contribution < 1.29 is 21.1 Å². The Kier molecular flexibility index (Phi) is 6.69. The summed E-state index contributed by atoms with van der Waals surface area (Å²) in [6.45, 7) is 18.3. The van der Waals surface area contributed by atoms with E-state index >= 15 is 0 Å². The molecule has 0 N–H and O–H groups in total. The smallest absolute Gasteiger partial charge is 0.360 e. The minimum Gasteiger partial charge on any atom is -0.360 e. The van der Waals surface area contributed by atoms with Crippen LogP contribution >= 0.6 is 0 Å². The van der Waals surface area contributed by atoms with Gasteiger partial charge in [0.05, 0.1) is 36.0 Å².